The Kier molecular flexibility index (Phi) is 6.00. The molecule has 3 N–H and O–H groups in total. The van der Waals surface area contributed by atoms with Gasteiger partial charge in [0, 0.05) is 17.8 Å². The van der Waals surface area contributed by atoms with E-state index < -0.39 is 0 Å². The summed E-state index contributed by atoms with van der Waals surface area (Å²) >= 11 is 0. The van der Waals surface area contributed by atoms with Gasteiger partial charge in [0.05, 0.1) is 31.3 Å². The third-order valence-corrected chi connectivity index (χ3v) is 3.56. The van der Waals surface area contributed by atoms with Gasteiger partial charge in [-0.25, -0.2) is 0 Å². The first-order chi connectivity index (χ1) is 9.90. The van der Waals surface area contributed by atoms with Crippen molar-refractivity contribution in [2.24, 2.45) is 0 Å². The summed E-state index contributed by atoms with van der Waals surface area (Å²) in [5.41, 5.74) is 6.82. The van der Waals surface area contributed by atoms with Gasteiger partial charge < -0.3 is 15.8 Å². The molecule has 0 saturated carbocycles. The molecule has 0 fully saturated rings. The minimum absolute atomic E-state index is 0.00376. The SMILES string of the molecule is COc1cc(N)ccc1NC(=O)C(C)N(C)C(C)CC#N. The first-order valence-electron chi connectivity index (χ1n) is 6.74. The van der Waals surface area contributed by atoms with E-state index in [9.17, 15) is 4.79 Å². The lowest BCUT2D eigenvalue weighted by atomic mass is 10.1. The second kappa shape index (κ2) is 7.50. The largest absolute Gasteiger partial charge is 0.494 e. The second-order valence-corrected chi connectivity index (χ2v) is 5.00. The van der Waals surface area contributed by atoms with E-state index in [0.29, 0.717) is 23.5 Å². The molecule has 0 heterocycles. The van der Waals surface area contributed by atoms with Gasteiger partial charge in [0.25, 0.3) is 0 Å². The smallest absolute Gasteiger partial charge is 0.241 e. The lowest BCUT2D eigenvalue weighted by Crippen LogP contribution is -2.44. The van der Waals surface area contributed by atoms with Crippen LogP contribution in [0.4, 0.5) is 11.4 Å². The Labute approximate surface area is 125 Å². The highest BCUT2D eigenvalue weighted by molar-refractivity contribution is 5.96. The molecule has 1 rings (SSSR count). The van der Waals surface area contributed by atoms with Crippen molar-refractivity contribution in [3.05, 3.63) is 18.2 Å². The summed E-state index contributed by atoms with van der Waals surface area (Å²) < 4.78 is 5.20. The third kappa shape index (κ3) is 4.36. The highest BCUT2D eigenvalue weighted by atomic mass is 16.5. The van der Waals surface area contributed by atoms with E-state index in [0.717, 1.165) is 0 Å². The van der Waals surface area contributed by atoms with Crippen molar-refractivity contribution >= 4 is 17.3 Å². The van der Waals surface area contributed by atoms with Crippen LogP contribution in [0.1, 0.15) is 20.3 Å². The van der Waals surface area contributed by atoms with Crippen molar-refractivity contribution in [2.45, 2.75) is 32.4 Å². The molecule has 6 nitrogen and oxygen atoms in total. The molecule has 0 aliphatic carbocycles. The average Bonchev–Trinajstić information content (AvgIpc) is 2.47. The first kappa shape index (κ1) is 16.8. The Morgan fingerprint density at radius 3 is 2.76 bits per heavy atom. The summed E-state index contributed by atoms with van der Waals surface area (Å²) in [4.78, 5) is 14.2. The van der Waals surface area contributed by atoms with Crippen molar-refractivity contribution in [1.82, 2.24) is 4.90 Å². The van der Waals surface area contributed by atoms with Crippen LogP contribution in [0.2, 0.25) is 0 Å². The maximum atomic E-state index is 12.3. The molecule has 0 aromatic heterocycles. The molecule has 0 radical (unpaired) electrons. The van der Waals surface area contributed by atoms with Gasteiger partial charge in [-0.3, -0.25) is 9.69 Å². The monoisotopic (exact) mass is 290 g/mol. The van der Waals surface area contributed by atoms with Gasteiger partial charge in [0.15, 0.2) is 0 Å². The summed E-state index contributed by atoms with van der Waals surface area (Å²) in [7, 11) is 3.35. The number of ether oxygens (including phenoxy) is 1. The number of carbonyl (C=O) groups excluding carboxylic acids is 1. The number of nitrogens with two attached hydrogens (primary N) is 1. The van der Waals surface area contributed by atoms with Gasteiger partial charge >= 0.3 is 0 Å². The molecule has 114 valence electrons. The average molecular weight is 290 g/mol. The van der Waals surface area contributed by atoms with Crippen molar-refractivity contribution in [2.75, 3.05) is 25.2 Å². The second-order valence-electron chi connectivity index (χ2n) is 5.00. The standard InChI is InChI=1S/C15H22N4O2/c1-10(7-8-16)19(3)11(2)15(20)18-13-6-5-12(17)9-14(13)21-4/h5-6,9-11H,7,17H2,1-4H3,(H,18,20). The van der Waals surface area contributed by atoms with Crippen molar-refractivity contribution < 1.29 is 9.53 Å². The van der Waals surface area contributed by atoms with Crippen molar-refractivity contribution in [3.63, 3.8) is 0 Å². The van der Waals surface area contributed by atoms with Crippen LogP contribution in [-0.2, 0) is 4.79 Å². The van der Waals surface area contributed by atoms with Gasteiger partial charge in [0.1, 0.15) is 5.75 Å². The Balaban J connectivity index is 2.79. The Morgan fingerprint density at radius 1 is 1.52 bits per heavy atom. The predicted molar refractivity (Wildman–Crippen MR) is 83.0 cm³/mol. The summed E-state index contributed by atoms with van der Waals surface area (Å²) in [6.45, 7) is 3.71. The number of anilines is 2. The van der Waals surface area contributed by atoms with Gasteiger partial charge in [-0.2, -0.15) is 5.26 Å². The highest BCUT2D eigenvalue weighted by Gasteiger charge is 2.22. The zero-order chi connectivity index (χ0) is 16.0. The van der Waals surface area contributed by atoms with Crippen LogP contribution >= 0.6 is 0 Å². The molecule has 0 aliphatic rings. The van der Waals surface area contributed by atoms with E-state index in [1.54, 1.807) is 25.1 Å². The Hall–Kier alpha value is -2.26. The number of methoxy groups -OCH3 is 1. The van der Waals surface area contributed by atoms with Crippen LogP contribution in [0.5, 0.6) is 5.75 Å². The van der Waals surface area contributed by atoms with Crippen LogP contribution in [0.3, 0.4) is 0 Å². The van der Waals surface area contributed by atoms with Crippen molar-refractivity contribution in [1.29, 1.82) is 5.26 Å². The van der Waals surface area contributed by atoms with Gasteiger partial charge in [-0.15, -0.1) is 0 Å². The Morgan fingerprint density at radius 2 is 2.19 bits per heavy atom. The maximum absolute atomic E-state index is 12.3. The summed E-state index contributed by atoms with van der Waals surface area (Å²) in [5.74, 6) is 0.355. The fourth-order valence-corrected chi connectivity index (χ4v) is 1.89. The minimum Gasteiger partial charge on any atom is -0.494 e. The molecule has 0 spiro atoms. The quantitative estimate of drug-likeness (QED) is 0.780. The number of hydrogen-bond acceptors (Lipinski definition) is 5. The normalized spacial score (nSPS) is 13.3. The number of rotatable bonds is 6. The van der Waals surface area contributed by atoms with Crippen LogP contribution in [0.15, 0.2) is 18.2 Å². The zero-order valence-electron chi connectivity index (χ0n) is 12.9. The van der Waals surface area contributed by atoms with Crippen LogP contribution in [-0.4, -0.2) is 37.0 Å². The molecule has 1 aromatic rings. The number of likely N-dealkylation sites (N-methyl/N-ethyl adjacent to an activating group) is 1. The molecule has 2 atom stereocenters. The van der Waals surface area contributed by atoms with E-state index in [1.807, 2.05) is 18.9 Å². The van der Waals surface area contributed by atoms with Crippen LogP contribution < -0.4 is 15.8 Å². The van der Waals surface area contributed by atoms with E-state index >= 15 is 0 Å². The maximum Gasteiger partial charge on any atom is 0.241 e. The molecule has 21 heavy (non-hydrogen) atoms. The van der Waals surface area contributed by atoms with E-state index in [2.05, 4.69) is 11.4 Å². The molecular weight excluding hydrogens is 268 g/mol. The zero-order valence-corrected chi connectivity index (χ0v) is 12.9. The molecule has 1 aromatic carbocycles. The number of nitriles is 1. The number of benzene rings is 1. The lowest BCUT2D eigenvalue weighted by molar-refractivity contribution is -0.120. The molecule has 0 aliphatic heterocycles. The van der Waals surface area contributed by atoms with E-state index in [1.165, 1.54) is 7.11 Å². The molecule has 0 bridgehead atoms. The number of nitrogen functional groups attached to an aromatic ring is 1. The van der Waals surface area contributed by atoms with Gasteiger partial charge in [0.2, 0.25) is 5.91 Å². The first-order valence-corrected chi connectivity index (χ1v) is 6.74. The molecule has 0 saturated heterocycles. The fraction of sp³-hybridized carbons (Fsp3) is 0.467. The number of hydrogen-bond donors (Lipinski definition) is 2. The number of amides is 1. The predicted octanol–water partition coefficient (Wildman–Crippen LogP) is 1.84. The minimum atomic E-state index is -0.365. The van der Waals surface area contributed by atoms with Gasteiger partial charge in [-0.1, -0.05) is 0 Å². The lowest BCUT2D eigenvalue weighted by Gasteiger charge is -2.28. The molecule has 1 amide bonds. The van der Waals surface area contributed by atoms with Gasteiger partial charge in [-0.05, 0) is 33.0 Å². The number of carbonyl (C=O) groups is 1. The van der Waals surface area contributed by atoms with E-state index in [-0.39, 0.29) is 18.0 Å². The topological polar surface area (TPSA) is 91.4 Å². The summed E-state index contributed by atoms with van der Waals surface area (Å²) in [5, 5.41) is 11.6. The fourth-order valence-electron chi connectivity index (χ4n) is 1.89. The highest BCUT2D eigenvalue weighted by Crippen LogP contribution is 2.26. The molecule has 2 unspecified atom stereocenters. The Bertz CT molecular complexity index is 539. The van der Waals surface area contributed by atoms with Crippen LogP contribution in [0.25, 0.3) is 0 Å². The summed E-state index contributed by atoms with van der Waals surface area (Å²) in [6.07, 6.45) is 0.374. The number of nitrogens with zero attached hydrogens (tertiary/aromatic N) is 2. The third-order valence-electron chi connectivity index (χ3n) is 3.56. The molecule has 6 heteroatoms. The summed E-state index contributed by atoms with van der Waals surface area (Å²) in [6, 6.07) is 6.81. The molecular formula is C15H22N4O2. The van der Waals surface area contributed by atoms with E-state index in [4.69, 9.17) is 15.7 Å². The van der Waals surface area contributed by atoms with Crippen molar-refractivity contribution in [3.8, 4) is 11.8 Å². The van der Waals surface area contributed by atoms with Crippen LogP contribution in [0, 0.1) is 11.3 Å². The number of nitrogens with one attached hydrogen (secondary N) is 1.